The van der Waals surface area contributed by atoms with E-state index in [0.29, 0.717) is 13.0 Å². The van der Waals surface area contributed by atoms with Crippen LogP contribution >= 0.6 is 0 Å². The summed E-state index contributed by atoms with van der Waals surface area (Å²) in [5.74, 6) is -0.561. The molecule has 2 N–H and O–H groups in total. The van der Waals surface area contributed by atoms with Gasteiger partial charge in [-0.1, -0.05) is 25.1 Å². The molecule has 1 aromatic heterocycles. The fourth-order valence-electron chi connectivity index (χ4n) is 1.92. The predicted molar refractivity (Wildman–Crippen MR) is 79.3 cm³/mol. The smallest absolute Gasteiger partial charge is 0.339 e. The summed E-state index contributed by atoms with van der Waals surface area (Å²) in [6.07, 6.45) is 0.409. The van der Waals surface area contributed by atoms with E-state index in [9.17, 15) is 9.59 Å². The van der Waals surface area contributed by atoms with Gasteiger partial charge in [0.25, 0.3) is 5.91 Å². The second-order valence-electron chi connectivity index (χ2n) is 4.52. The van der Waals surface area contributed by atoms with Gasteiger partial charge in [0.15, 0.2) is 5.76 Å². The molecule has 116 valence electrons. The molecule has 0 aliphatic heterocycles. The van der Waals surface area contributed by atoms with Gasteiger partial charge in [0, 0.05) is 12.5 Å². The largest absolute Gasteiger partial charge is 0.492 e. The molecular formula is C16H17NO5. The monoisotopic (exact) mass is 303 g/mol. The van der Waals surface area contributed by atoms with Crippen molar-refractivity contribution in [3.05, 3.63) is 53.5 Å². The summed E-state index contributed by atoms with van der Waals surface area (Å²) in [7, 11) is 0. The third-order valence-corrected chi connectivity index (χ3v) is 2.98. The summed E-state index contributed by atoms with van der Waals surface area (Å²) in [4.78, 5) is 22.9. The van der Waals surface area contributed by atoms with E-state index in [1.165, 1.54) is 6.07 Å². The van der Waals surface area contributed by atoms with E-state index < -0.39 is 11.9 Å². The Bertz CT molecular complexity index is 648. The number of carbonyl (C=O) groups is 2. The van der Waals surface area contributed by atoms with Gasteiger partial charge in [-0.2, -0.15) is 0 Å². The van der Waals surface area contributed by atoms with Crippen LogP contribution in [0.2, 0.25) is 0 Å². The van der Waals surface area contributed by atoms with E-state index >= 15 is 0 Å². The van der Waals surface area contributed by atoms with Crippen LogP contribution in [0.25, 0.3) is 0 Å². The number of ether oxygens (including phenoxy) is 1. The van der Waals surface area contributed by atoms with Gasteiger partial charge < -0.3 is 19.6 Å². The zero-order valence-electron chi connectivity index (χ0n) is 12.2. The first-order chi connectivity index (χ1) is 10.6. The van der Waals surface area contributed by atoms with Crippen LogP contribution < -0.4 is 10.1 Å². The standard InChI is InChI=1S/C16H17NO5/c1-2-13-12(16(19)20)10-14(22-13)15(18)17-8-9-21-11-6-4-3-5-7-11/h3-7,10H,2,8-9H2,1H3,(H,17,18)(H,19,20). The molecule has 1 heterocycles. The first kappa shape index (κ1) is 15.6. The lowest BCUT2D eigenvalue weighted by Gasteiger charge is -2.06. The molecule has 0 unspecified atom stereocenters. The van der Waals surface area contributed by atoms with E-state index in [0.717, 1.165) is 5.75 Å². The van der Waals surface area contributed by atoms with Crippen molar-refractivity contribution in [2.75, 3.05) is 13.2 Å². The molecule has 1 aromatic carbocycles. The van der Waals surface area contributed by atoms with Gasteiger partial charge in [-0.3, -0.25) is 4.79 Å². The quantitative estimate of drug-likeness (QED) is 0.766. The number of carboxylic acid groups (broad SMARTS) is 1. The number of hydrogen-bond donors (Lipinski definition) is 2. The van der Waals surface area contributed by atoms with Gasteiger partial charge in [0.1, 0.15) is 23.7 Å². The van der Waals surface area contributed by atoms with Gasteiger partial charge in [-0.25, -0.2) is 4.79 Å². The molecule has 2 rings (SSSR count). The van der Waals surface area contributed by atoms with Crippen molar-refractivity contribution in [2.24, 2.45) is 0 Å². The van der Waals surface area contributed by atoms with Crippen molar-refractivity contribution in [3.63, 3.8) is 0 Å². The number of carboxylic acids is 1. The molecule has 0 fully saturated rings. The molecule has 22 heavy (non-hydrogen) atoms. The molecule has 0 atom stereocenters. The van der Waals surface area contributed by atoms with E-state index in [-0.39, 0.29) is 23.6 Å². The Labute approximate surface area is 127 Å². The maximum Gasteiger partial charge on any atom is 0.339 e. The molecular weight excluding hydrogens is 286 g/mol. The minimum Gasteiger partial charge on any atom is -0.492 e. The van der Waals surface area contributed by atoms with E-state index in [1.807, 2.05) is 30.3 Å². The van der Waals surface area contributed by atoms with Crippen molar-refractivity contribution in [2.45, 2.75) is 13.3 Å². The van der Waals surface area contributed by atoms with Gasteiger partial charge >= 0.3 is 5.97 Å². The number of amides is 1. The maximum absolute atomic E-state index is 11.9. The molecule has 6 nitrogen and oxygen atoms in total. The molecule has 1 amide bonds. The van der Waals surface area contributed by atoms with E-state index in [4.69, 9.17) is 14.3 Å². The number of aryl methyl sites for hydroxylation is 1. The molecule has 0 bridgehead atoms. The van der Waals surface area contributed by atoms with Crippen LogP contribution in [0.1, 0.15) is 33.6 Å². The van der Waals surface area contributed by atoms with Crippen molar-refractivity contribution in [3.8, 4) is 5.75 Å². The van der Waals surface area contributed by atoms with Crippen LogP contribution in [0.4, 0.5) is 0 Å². The summed E-state index contributed by atoms with van der Waals surface area (Å²) in [5, 5.41) is 11.6. The second-order valence-corrected chi connectivity index (χ2v) is 4.52. The van der Waals surface area contributed by atoms with Gasteiger partial charge in [0.2, 0.25) is 0 Å². The molecule has 6 heteroatoms. The normalized spacial score (nSPS) is 10.2. The Morgan fingerprint density at radius 3 is 2.59 bits per heavy atom. The molecule has 0 radical (unpaired) electrons. The van der Waals surface area contributed by atoms with Gasteiger partial charge in [0.05, 0.1) is 6.54 Å². The zero-order chi connectivity index (χ0) is 15.9. The van der Waals surface area contributed by atoms with Crippen LogP contribution in [0.3, 0.4) is 0 Å². The number of rotatable bonds is 7. The average Bonchev–Trinajstić information content (AvgIpc) is 2.97. The van der Waals surface area contributed by atoms with Crippen LogP contribution in [-0.4, -0.2) is 30.1 Å². The lowest BCUT2D eigenvalue weighted by molar-refractivity contribution is 0.0694. The average molecular weight is 303 g/mol. The first-order valence-corrected chi connectivity index (χ1v) is 6.94. The Morgan fingerprint density at radius 1 is 1.27 bits per heavy atom. The van der Waals surface area contributed by atoms with Crippen LogP contribution in [0, 0.1) is 0 Å². The Morgan fingerprint density at radius 2 is 2.00 bits per heavy atom. The topological polar surface area (TPSA) is 88.8 Å². The number of para-hydroxylation sites is 1. The number of hydrogen-bond acceptors (Lipinski definition) is 4. The molecule has 2 aromatic rings. The summed E-state index contributed by atoms with van der Waals surface area (Å²) in [6.45, 7) is 2.36. The van der Waals surface area contributed by atoms with E-state index in [1.54, 1.807) is 6.92 Å². The molecule has 0 saturated heterocycles. The minimum absolute atomic E-state index is 0.00559. The fourth-order valence-corrected chi connectivity index (χ4v) is 1.92. The fraction of sp³-hybridized carbons (Fsp3) is 0.250. The van der Waals surface area contributed by atoms with Crippen LogP contribution in [0.15, 0.2) is 40.8 Å². The molecule has 0 aliphatic rings. The van der Waals surface area contributed by atoms with Crippen molar-refractivity contribution in [1.29, 1.82) is 0 Å². The Kier molecular flexibility index (Phi) is 5.19. The highest BCUT2D eigenvalue weighted by Crippen LogP contribution is 2.16. The van der Waals surface area contributed by atoms with Gasteiger partial charge in [-0.05, 0) is 12.1 Å². The SMILES string of the molecule is CCc1oc(C(=O)NCCOc2ccccc2)cc1C(=O)O. The minimum atomic E-state index is -1.10. The van der Waals surface area contributed by atoms with Crippen LogP contribution in [-0.2, 0) is 6.42 Å². The zero-order valence-corrected chi connectivity index (χ0v) is 12.2. The highest BCUT2D eigenvalue weighted by Gasteiger charge is 2.19. The van der Waals surface area contributed by atoms with Gasteiger partial charge in [-0.15, -0.1) is 0 Å². The Hall–Kier alpha value is -2.76. The third-order valence-electron chi connectivity index (χ3n) is 2.98. The number of carbonyl (C=O) groups excluding carboxylic acids is 1. The third kappa shape index (κ3) is 3.88. The lowest BCUT2D eigenvalue weighted by Crippen LogP contribution is -2.27. The number of nitrogens with one attached hydrogen (secondary N) is 1. The van der Waals surface area contributed by atoms with E-state index in [2.05, 4.69) is 5.32 Å². The van der Waals surface area contributed by atoms with Crippen molar-refractivity contribution < 1.29 is 23.8 Å². The number of furan rings is 1. The second kappa shape index (κ2) is 7.31. The molecule has 0 spiro atoms. The number of benzene rings is 1. The summed E-state index contributed by atoms with van der Waals surface area (Å²) in [5.41, 5.74) is 0.0215. The summed E-state index contributed by atoms with van der Waals surface area (Å²) in [6, 6.07) is 10.5. The first-order valence-electron chi connectivity index (χ1n) is 6.94. The molecule has 0 aliphatic carbocycles. The predicted octanol–water partition coefficient (Wildman–Crippen LogP) is 2.35. The lowest BCUT2D eigenvalue weighted by atomic mass is 10.2. The van der Waals surface area contributed by atoms with Crippen molar-refractivity contribution in [1.82, 2.24) is 5.32 Å². The highest BCUT2D eigenvalue weighted by atomic mass is 16.5. The van der Waals surface area contributed by atoms with Crippen LogP contribution in [0.5, 0.6) is 5.75 Å². The summed E-state index contributed by atoms with van der Waals surface area (Å²) >= 11 is 0. The number of aromatic carboxylic acids is 1. The van der Waals surface area contributed by atoms with Crippen molar-refractivity contribution >= 4 is 11.9 Å². The Balaban J connectivity index is 1.86. The summed E-state index contributed by atoms with van der Waals surface area (Å²) < 4.78 is 10.7. The molecule has 0 saturated carbocycles. The maximum atomic E-state index is 11.9. The highest BCUT2D eigenvalue weighted by molar-refractivity contribution is 5.96.